The van der Waals surface area contributed by atoms with Crippen molar-refractivity contribution in [2.45, 2.75) is 13.8 Å². The van der Waals surface area contributed by atoms with E-state index >= 15 is 0 Å². The third-order valence-corrected chi connectivity index (χ3v) is 1.77. The molecular formula is C12H10N2. The highest BCUT2D eigenvalue weighted by molar-refractivity contribution is 5.57. The summed E-state index contributed by atoms with van der Waals surface area (Å²) in [4.78, 5) is 6.24. The van der Waals surface area contributed by atoms with Crippen molar-refractivity contribution in [1.82, 2.24) is 0 Å². The second kappa shape index (κ2) is 4.25. The van der Waals surface area contributed by atoms with Crippen LogP contribution in [0.2, 0.25) is 0 Å². The Kier molecular flexibility index (Phi) is 3.05. The Balaban J connectivity index is 3.17. The molecule has 1 aromatic carbocycles. The Bertz CT molecular complexity index is 420. The fraction of sp³-hybridized carbons (Fsp3) is 0.167. The molecule has 0 aliphatic heterocycles. The van der Waals surface area contributed by atoms with Crippen LogP contribution in [-0.4, -0.2) is 0 Å². The number of hydrogen-bond acceptors (Lipinski definition) is 0. The Hall–Kier alpha value is -2.06. The number of benzene rings is 1. The van der Waals surface area contributed by atoms with Crippen molar-refractivity contribution < 1.29 is 0 Å². The van der Waals surface area contributed by atoms with Crippen LogP contribution in [0.5, 0.6) is 0 Å². The summed E-state index contributed by atoms with van der Waals surface area (Å²) in [6.07, 6.45) is 1.61. The minimum atomic E-state index is 0.106. The van der Waals surface area contributed by atoms with Crippen LogP contribution in [0, 0.1) is 27.0 Å². The van der Waals surface area contributed by atoms with Gasteiger partial charge in [-0.1, -0.05) is 29.3 Å². The van der Waals surface area contributed by atoms with Crippen LogP contribution in [0.3, 0.4) is 0 Å². The summed E-state index contributed by atoms with van der Waals surface area (Å²) >= 11 is 0. The van der Waals surface area contributed by atoms with Crippen molar-refractivity contribution in [2.24, 2.45) is 0 Å². The molecule has 1 aromatic rings. The molecule has 0 unspecified atom stereocenters. The van der Waals surface area contributed by atoms with E-state index in [-0.39, 0.29) is 5.82 Å². The first-order chi connectivity index (χ1) is 6.65. The Morgan fingerprint density at radius 2 is 1.57 bits per heavy atom. The van der Waals surface area contributed by atoms with E-state index in [0.29, 0.717) is 0 Å². The molecule has 0 fully saturated rings. The molecule has 68 valence electrons. The normalized spacial score (nSPS) is 8.57. The van der Waals surface area contributed by atoms with Crippen molar-refractivity contribution in [3.05, 3.63) is 63.5 Å². The standard InChI is InChI=1S/C12H10N2/c1-9-5-10(2)7-11(6-9)8-12(13-3)14-4/h5-8H,1-2H3. The van der Waals surface area contributed by atoms with E-state index in [1.54, 1.807) is 6.08 Å². The summed E-state index contributed by atoms with van der Waals surface area (Å²) < 4.78 is 0. The van der Waals surface area contributed by atoms with Gasteiger partial charge in [0.2, 0.25) is 0 Å². The zero-order chi connectivity index (χ0) is 10.6. The number of hydrogen-bond donors (Lipinski definition) is 0. The van der Waals surface area contributed by atoms with Gasteiger partial charge in [0.05, 0.1) is 0 Å². The molecule has 0 aromatic heterocycles. The van der Waals surface area contributed by atoms with Crippen molar-refractivity contribution in [2.75, 3.05) is 0 Å². The third kappa shape index (κ3) is 2.47. The zero-order valence-corrected chi connectivity index (χ0v) is 8.20. The van der Waals surface area contributed by atoms with Crippen LogP contribution in [-0.2, 0) is 0 Å². The molecule has 0 radical (unpaired) electrons. The minimum Gasteiger partial charge on any atom is -0.154 e. The van der Waals surface area contributed by atoms with Gasteiger partial charge >= 0.3 is 5.82 Å². The Morgan fingerprint density at radius 1 is 1.07 bits per heavy atom. The van der Waals surface area contributed by atoms with Gasteiger partial charge < -0.3 is 0 Å². The van der Waals surface area contributed by atoms with Crippen LogP contribution in [0.4, 0.5) is 0 Å². The average molecular weight is 182 g/mol. The maximum Gasteiger partial charge on any atom is 0.519 e. The first-order valence-electron chi connectivity index (χ1n) is 4.20. The molecule has 1 rings (SSSR count). The smallest absolute Gasteiger partial charge is 0.154 e. The highest BCUT2D eigenvalue weighted by Gasteiger charge is 2.02. The molecule has 0 amide bonds. The molecule has 0 bridgehead atoms. The first kappa shape index (κ1) is 10.0. The van der Waals surface area contributed by atoms with E-state index in [1.807, 2.05) is 26.0 Å². The van der Waals surface area contributed by atoms with E-state index in [4.69, 9.17) is 13.1 Å². The van der Waals surface area contributed by atoms with Gasteiger partial charge in [-0.05, 0) is 19.4 Å². The van der Waals surface area contributed by atoms with Crippen molar-refractivity contribution >= 4 is 6.08 Å². The molecule has 0 spiro atoms. The monoisotopic (exact) mass is 182 g/mol. The lowest BCUT2D eigenvalue weighted by Gasteiger charge is -1.98. The van der Waals surface area contributed by atoms with Crippen molar-refractivity contribution in [3.8, 4) is 0 Å². The highest BCUT2D eigenvalue weighted by Crippen LogP contribution is 2.13. The predicted octanol–water partition coefficient (Wildman–Crippen LogP) is 3.44. The molecule has 2 heteroatoms. The number of rotatable bonds is 1. The molecule has 0 aliphatic carbocycles. The van der Waals surface area contributed by atoms with Crippen LogP contribution >= 0.6 is 0 Å². The molecular weight excluding hydrogens is 172 g/mol. The molecule has 0 atom stereocenters. The Morgan fingerprint density at radius 3 is 2.00 bits per heavy atom. The lowest BCUT2D eigenvalue weighted by Crippen LogP contribution is -1.80. The lowest BCUT2D eigenvalue weighted by atomic mass is 10.1. The summed E-state index contributed by atoms with van der Waals surface area (Å²) in [6.45, 7) is 17.5. The minimum absolute atomic E-state index is 0.106. The summed E-state index contributed by atoms with van der Waals surface area (Å²) in [5, 5.41) is 0. The Labute approximate surface area is 84.1 Å². The van der Waals surface area contributed by atoms with E-state index in [2.05, 4.69) is 15.8 Å². The van der Waals surface area contributed by atoms with Gasteiger partial charge in [-0.25, -0.2) is 0 Å². The van der Waals surface area contributed by atoms with Gasteiger partial charge in [0.15, 0.2) is 0 Å². The van der Waals surface area contributed by atoms with Gasteiger partial charge in [-0.2, -0.15) is 9.69 Å². The maximum absolute atomic E-state index is 6.76. The highest BCUT2D eigenvalue weighted by atomic mass is 14.9. The second-order valence-electron chi connectivity index (χ2n) is 3.15. The quantitative estimate of drug-likeness (QED) is 0.588. The fourth-order valence-electron chi connectivity index (χ4n) is 1.33. The zero-order valence-electron chi connectivity index (χ0n) is 8.20. The second-order valence-corrected chi connectivity index (χ2v) is 3.15. The maximum atomic E-state index is 6.76. The van der Waals surface area contributed by atoms with Gasteiger partial charge in [0, 0.05) is 6.08 Å². The van der Waals surface area contributed by atoms with Gasteiger partial charge in [-0.15, -0.1) is 0 Å². The van der Waals surface area contributed by atoms with Crippen LogP contribution in [0.1, 0.15) is 16.7 Å². The van der Waals surface area contributed by atoms with Gasteiger partial charge in [0.1, 0.15) is 13.1 Å². The molecule has 14 heavy (non-hydrogen) atoms. The van der Waals surface area contributed by atoms with E-state index in [0.717, 1.165) is 16.7 Å². The van der Waals surface area contributed by atoms with Crippen LogP contribution in [0.15, 0.2) is 24.0 Å². The van der Waals surface area contributed by atoms with E-state index in [1.165, 1.54) is 0 Å². The van der Waals surface area contributed by atoms with Crippen molar-refractivity contribution in [1.29, 1.82) is 0 Å². The van der Waals surface area contributed by atoms with Crippen molar-refractivity contribution in [3.63, 3.8) is 0 Å². The summed E-state index contributed by atoms with van der Waals surface area (Å²) in [6, 6.07) is 5.99. The molecule has 0 saturated heterocycles. The predicted molar refractivity (Wildman–Crippen MR) is 57.1 cm³/mol. The average Bonchev–Trinajstić information content (AvgIpc) is 2.12. The lowest BCUT2D eigenvalue weighted by molar-refractivity contribution is 1.37. The summed E-state index contributed by atoms with van der Waals surface area (Å²) in [5.74, 6) is 0.106. The first-order valence-corrected chi connectivity index (χ1v) is 4.20. The molecule has 2 nitrogen and oxygen atoms in total. The SMILES string of the molecule is [C-]#[N+]C(=Cc1cc(C)cc(C)c1)[N+]#[C-]. The molecule has 0 saturated carbocycles. The van der Waals surface area contributed by atoms with E-state index < -0.39 is 0 Å². The van der Waals surface area contributed by atoms with Gasteiger partial charge in [-0.3, -0.25) is 0 Å². The summed E-state index contributed by atoms with van der Waals surface area (Å²) in [5.41, 5.74) is 3.21. The van der Waals surface area contributed by atoms with Crippen LogP contribution in [0.25, 0.3) is 15.8 Å². The van der Waals surface area contributed by atoms with Gasteiger partial charge in [0.25, 0.3) is 0 Å². The molecule has 0 aliphatic rings. The van der Waals surface area contributed by atoms with E-state index in [9.17, 15) is 0 Å². The third-order valence-electron chi connectivity index (χ3n) is 1.77. The molecule has 0 N–H and O–H groups in total. The number of aryl methyl sites for hydroxylation is 2. The topological polar surface area (TPSA) is 8.72 Å². The van der Waals surface area contributed by atoms with Crippen LogP contribution < -0.4 is 0 Å². The number of nitrogens with zero attached hydrogens (tertiary/aromatic N) is 2. The largest absolute Gasteiger partial charge is 0.519 e. The molecule has 0 heterocycles. The summed E-state index contributed by atoms with van der Waals surface area (Å²) in [7, 11) is 0. The fourth-order valence-corrected chi connectivity index (χ4v) is 1.33.